The molecule has 2 aromatic rings. The standard InChI is InChI=1S/C9H5Br2N/c10-7-2-1-6-4-12-5-9(11)8(6)3-7/h1-5H. The Morgan fingerprint density at radius 3 is 2.75 bits per heavy atom. The number of nitrogens with zero attached hydrogens (tertiary/aromatic N) is 1. The summed E-state index contributed by atoms with van der Waals surface area (Å²) < 4.78 is 2.11. The molecule has 0 atom stereocenters. The Balaban J connectivity index is 2.88. The fourth-order valence-electron chi connectivity index (χ4n) is 1.10. The number of aromatic nitrogens is 1. The summed E-state index contributed by atoms with van der Waals surface area (Å²) >= 11 is 6.87. The van der Waals surface area contributed by atoms with Gasteiger partial charge in [0.15, 0.2) is 0 Å². The summed E-state index contributed by atoms with van der Waals surface area (Å²) in [5.41, 5.74) is 0. The molecule has 0 N–H and O–H groups in total. The van der Waals surface area contributed by atoms with Gasteiger partial charge >= 0.3 is 0 Å². The Morgan fingerprint density at radius 2 is 1.92 bits per heavy atom. The van der Waals surface area contributed by atoms with Gasteiger partial charge in [-0.15, -0.1) is 0 Å². The van der Waals surface area contributed by atoms with Crippen molar-refractivity contribution in [3.63, 3.8) is 0 Å². The largest absolute Gasteiger partial charge is 0.263 e. The van der Waals surface area contributed by atoms with Crippen molar-refractivity contribution in [3.8, 4) is 0 Å². The number of hydrogen-bond donors (Lipinski definition) is 0. The second-order valence-corrected chi connectivity index (χ2v) is 4.26. The summed E-state index contributed by atoms with van der Waals surface area (Å²) in [4.78, 5) is 4.08. The van der Waals surface area contributed by atoms with E-state index in [0.717, 1.165) is 14.3 Å². The first-order chi connectivity index (χ1) is 5.77. The highest BCUT2D eigenvalue weighted by atomic mass is 79.9. The van der Waals surface area contributed by atoms with E-state index >= 15 is 0 Å². The highest BCUT2D eigenvalue weighted by molar-refractivity contribution is 9.11. The molecule has 3 heteroatoms. The van der Waals surface area contributed by atoms with Crippen LogP contribution in [0.25, 0.3) is 10.8 Å². The third kappa shape index (κ3) is 1.39. The number of benzene rings is 1. The minimum atomic E-state index is 1.03. The molecule has 0 saturated heterocycles. The summed E-state index contributed by atoms with van der Waals surface area (Å²) in [5.74, 6) is 0. The van der Waals surface area contributed by atoms with E-state index in [1.54, 1.807) is 6.20 Å². The molecule has 1 aromatic heterocycles. The molecule has 0 bridgehead atoms. The molecule has 0 radical (unpaired) electrons. The number of fused-ring (bicyclic) bond motifs is 1. The fourth-order valence-corrected chi connectivity index (χ4v) is 1.92. The first kappa shape index (κ1) is 8.20. The smallest absolute Gasteiger partial charge is 0.0437 e. The van der Waals surface area contributed by atoms with Crippen LogP contribution in [-0.4, -0.2) is 4.98 Å². The van der Waals surface area contributed by atoms with Crippen LogP contribution in [0.3, 0.4) is 0 Å². The van der Waals surface area contributed by atoms with E-state index in [9.17, 15) is 0 Å². The van der Waals surface area contributed by atoms with Gasteiger partial charge < -0.3 is 0 Å². The first-order valence-corrected chi connectivity index (χ1v) is 5.05. The molecule has 0 spiro atoms. The molecule has 2 rings (SSSR count). The quantitative estimate of drug-likeness (QED) is 0.719. The van der Waals surface area contributed by atoms with E-state index in [0.29, 0.717) is 0 Å². The lowest BCUT2D eigenvalue weighted by Gasteiger charge is -1.99. The maximum absolute atomic E-state index is 4.08. The average Bonchev–Trinajstić information content (AvgIpc) is 2.07. The van der Waals surface area contributed by atoms with Gasteiger partial charge in [0.1, 0.15) is 0 Å². The van der Waals surface area contributed by atoms with Gasteiger partial charge in [0.25, 0.3) is 0 Å². The maximum atomic E-state index is 4.08. The van der Waals surface area contributed by atoms with Crippen molar-refractivity contribution in [2.24, 2.45) is 0 Å². The second kappa shape index (κ2) is 3.15. The predicted octanol–water partition coefficient (Wildman–Crippen LogP) is 3.76. The fraction of sp³-hybridized carbons (Fsp3) is 0. The van der Waals surface area contributed by atoms with Crippen molar-refractivity contribution in [3.05, 3.63) is 39.5 Å². The van der Waals surface area contributed by atoms with E-state index in [-0.39, 0.29) is 0 Å². The molecular formula is C9H5Br2N. The van der Waals surface area contributed by atoms with E-state index in [1.165, 1.54) is 5.39 Å². The van der Waals surface area contributed by atoms with Crippen molar-refractivity contribution in [1.29, 1.82) is 0 Å². The van der Waals surface area contributed by atoms with Gasteiger partial charge in [0.2, 0.25) is 0 Å². The monoisotopic (exact) mass is 285 g/mol. The van der Waals surface area contributed by atoms with E-state index < -0.39 is 0 Å². The Hall–Kier alpha value is -0.410. The summed E-state index contributed by atoms with van der Waals surface area (Å²) in [6.07, 6.45) is 3.65. The van der Waals surface area contributed by atoms with Crippen LogP contribution < -0.4 is 0 Å². The molecule has 0 aliphatic carbocycles. The Kier molecular flexibility index (Phi) is 2.15. The van der Waals surface area contributed by atoms with Crippen LogP contribution in [0.1, 0.15) is 0 Å². The maximum Gasteiger partial charge on any atom is 0.0437 e. The van der Waals surface area contributed by atoms with Crippen LogP contribution in [0.4, 0.5) is 0 Å². The van der Waals surface area contributed by atoms with Gasteiger partial charge in [-0.1, -0.05) is 22.0 Å². The van der Waals surface area contributed by atoms with E-state index in [2.05, 4.69) is 42.9 Å². The lowest BCUT2D eigenvalue weighted by molar-refractivity contribution is 1.35. The van der Waals surface area contributed by atoms with Gasteiger partial charge in [0.05, 0.1) is 0 Å². The summed E-state index contributed by atoms with van der Waals surface area (Å²) in [6, 6.07) is 6.12. The zero-order valence-electron chi connectivity index (χ0n) is 6.09. The molecule has 0 aliphatic rings. The molecule has 0 fully saturated rings. The molecule has 1 aromatic carbocycles. The molecule has 1 heterocycles. The molecule has 0 saturated carbocycles. The summed E-state index contributed by atoms with van der Waals surface area (Å²) in [5, 5.41) is 2.33. The minimum absolute atomic E-state index is 1.03. The van der Waals surface area contributed by atoms with Crippen LogP contribution in [0.2, 0.25) is 0 Å². The third-order valence-corrected chi connectivity index (χ3v) is 2.80. The SMILES string of the molecule is Brc1ccc2cncc(Br)c2c1. The summed E-state index contributed by atoms with van der Waals surface area (Å²) in [6.45, 7) is 0. The van der Waals surface area contributed by atoms with Crippen molar-refractivity contribution < 1.29 is 0 Å². The van der Waals surface area contributed by atoms with Crippen LogP contribution in [0, 0.1) is 0 Å². The van der Waals surface area contributed by atoms with Crippen LogP contribution in [-0.2, 0) is 0 Å². The molecule has 0 unspecified atom stereocenters. The van der Waals surface area contributed by atoms with Gasteiger partial charge in [-0.25, -0.2) is 0 Å². The summed E-state index contributed by atoms with van der Waals surface area (Å²) in [7, 11) is 0. The van der Waals surface area contributed by atoms with Crippen molar-refractivity contribution in [2.45, 2.75) is 0 Å². The Morgan fingerprint density at radius 1 is 1.08 bits per heavy atom. The van der Waals surface area contributed by atoms with E-state index in [4.69, 9.17) is 0 Å². The zero-order valence-corrected chi connectivity index (χ0v) is 9.26. The zero-order chi connectivity index (χ0) is 8.55. The van der Waals surface area contributed by atoms with Gasteiger partial charge in [0, 0.05) is 32.1 Å². The van der Waals surface area contributed by atoms with Gasteiger partial charge in [-0.3, -0.25) is 4.98 Å². The Bertz CT molecular complexity index is 426. The van der Waals surface area contributed by atoms with Crippen molar-refractivity contribution in [1.82, 2.24) is 4.98 Å². The lowest BCUT2D eigenvalue weighted by Crippen LogP contribution is -1.77. The van der Waals surface area contributed by atoms with E-state index in [1.807, 2.05) is 18.3 Å². The topological polar surface area (TPSA) is 12.9 Å². The predicted molar refractivity (Wildman–Crippen MR) is 57.1 cm³/mol. The molecule has 0 aliphatic heterocycles. The third-order valence-electron chi connectivity index (χ3n) is 1.67. The minimum Gasteiger partial charge on any atom is -0.263 e. The first-order valence-electron chi connectivity index (χ1n) is 3.46. The van der Waals surface area contributed by atoms with Crippen LogP contribution in [0.5, 0.6) is 0 Å². The van der Waals surface area contributed by atoms with Gasteiger partial charge in [-0.2, -0.15) is 0 Å². The molecular weight excluding hydrogens is 282 g/mol. The molecule has 12 heavy (non-hydrogen) atoms. The average molecular weight is 287 g/mol. The second-order valence-electron chi connectivity index (χ2n) is 2.49. The highest BCUT2D eigenvalue weighted by Gasteiger charge is 1.98. The van der Waals surface area contributed by atoms with Crippen LogP contribution in [0.15, 0.2) is 39.5 Å². The molecule has 1 nitrogen and oxygen atoms in total. The van der Waals surface area contributed by atoms with Gasteiger partial charge in [-0.05, 0) is 28.1 Å². The molecule has 60 valence electrons. The number of rotatable bonds is 0. The lowest BCUT2D eigenvalue weighted by atomic mass is 10.2. The molecule has 0 amide bonds. The number of halogens is 2. The van der Waals surface area contributed by atoms with Crippen molar-refractivity contribution in [2.75, 3.05) is 0 Å². The highest BCUT2D eigenvalue weighted by Crippen LogP contribution is 2.25. The Labute approximate surface area is 87.1 Å². The van der Waals surface area contributed by atoms with Crippen molar-refractivity contribution >= 4 is 42.6 Å². The normalized spacial score (nSPS) is 10.5. The number of pyridine rings is 1. The number of hydrogen-bond acceptors (Lipinski definition) is 1. The van der Waals surface area contributed by atoms with Crippen LogP contribution >= 0.6 is 31.9 Å².